The van der Waals surface area contributed by atoms with Crippen molar-refractivity contribution in [1.29, 1.82) is 0 Å². The Kier molecular flexibility index (Phi) is 8.13. The van der Waals surface area contributed by atoms with E-state index in [0.29, 0.717) is 18.5 Å². The van der Waals surface area contributed by atoms with E-state index in [0.717, 1.165) is 32.2 Å². The molecule has 0 saturated carbocycles. The highest BCUT2D eigenvalue weighted by atomic mass is 32.2. The fourth-order valence-electron chi connectivity index (χ4n) is 3.77. The first-order chi connectivity index (χ1) is 17.4. The second kappa shape index (κ2) is 11.6. The van der Waals surface area contributed by atoms with Crippen LogP contribution in [-0.2, 0) is 13.0 Å². The van der Waals surface area contributed by atoms with Crippen LogP contribution >= 0.6 is 11.8 Å². The van der Waals surface area contributed by atoms with Gasteiger partial charge in [0.25, 0.3) is 11.6 Å². The molecule has 0 aliphatic carbocycles. The molecular formula is C29H27N3O3S. The maximum Gasteiger partial charge on any atom is 0.269 e. The molecule has 0 atom stereocenters. The third kappa shape index (κ3) is 6.58. The molecule has 0 bridgehead atoms. The molecule has 0 unspecified atom stereocenters. The first kappa shape index (κ1) is 25.1. The van der Waals surface area contributed by atoms with E-state index in [4.69, 9.17) is 0 Å². The van der Waals surface area contributed by atoms with Gasteiger partial charge in [0.2, 0.25) is 0 Å². The van der Waals surface area contributed by atoms with Crippen molar-refractivity contribution in [3.05, 3.63) is 129 Å². The van der Waals surface area contributed by atoms with Crippen LogP contribution in [0.15, 0.2) is 101 Å². The number of non-ortho nitro benzene ring substituents is 1. The molecule has 0 fully saturated rings. The topological polar surface area (TPSA) is 76.3 Å². The van der Waals surface area contributed by atoms with Crippen molar-refractivity contribution in [2.45, 2.75) is 36.6 Å². The lowest BCUT2D eigenvalue weighted by molar-refractivity contribution is -0.385. The number of nitro groups is 1. The summed E-state index contributed by atoms with van der Waals surface area (Å²) < 4.78 is 0. The SMILES string of the molecule is Cc1ccc(Sc2ccc([N+](=O)[O-])cc2CN(CCc2ccccn2)C(=O)c2ccc(C)cc2)cc1. The van der Waals surface area contributed by atoms with Crippen molar-refractivity contribution in [2.75, 3.05) is 6.54 Å². The van der Waals surface area contributed by atoms with E-state index < -0.39 is 4.92 Å². The number of aromatic nitrogens is 1. The molecule has 3 aromatic carbocycles. The Morgan fingerprint density at radius 3 is 2.28 bits per heavy atom. The molecule has 0 N–H and O–H groups in total. The van der Waals surface area contributed by atoms with Crippen molar-refractivity contribution < 1.29 is 9.72 Å². The maximum absolute atomic E-state index is 13.6. The molecule has 1 amide bonds. The largest absolute Gasteiger partial charge is 0.334 e. The quantitative estimate of drug-likeness (QED) is 0.191. The molecular weight excluding hydrogens is 470 g/mol. The Labute approximate surface area is 215 Å². The zero-order valence-corrected chi connectivity index (χ0v) is 21.1. The summed E-state index contributed by atoms with van der Waals surface area (Å²) in [6.45, 7) is 4.68. The van der Waals surface area contributed by atoms with Crippen molar-refractivity contribution in [1.82, 2.24) is 9.88 Å². The normalized spacial score (nSPS) is 10.7. The van der Waals surface area contributed by atoms with Gasteiger partial charge in [-0.25, -0.2) is 0 Å². The van der Waals surface area contributed by atoms with E-state index >= 15 is 0 Å². The van der Waals surface area contributed by atoms with Crippen molar-refractivity contribution >= 4 is 23.4 Å². The van der Waals surface area contributed by atoms with E-state index in [9.17, 15) is 14.9 Å². The summed E-state index contributed by atoms with van der Waals surface area (Å²) in [6.07, 6.45) is 2.31. The molecule has 4 rings (SSSR count). The Bertz CT molecular complexity index is 1340. The number of hydrogen-bond acceptors (Lipinski definition) is 5. The summed E-state index contributed by atoms with van der Waals surface area (Å²) in [5.74, 6) is -0.122. The van der Waals surface area contributed by atoms with E-state index in [1.807, 2.05) is 80.6 Å². The Morgan fingerprint density at radius 1 is 0.944 bits per heavy atom. The number of nitrogens with zero attached hydrogens (tertiary/aromatic N) is 3. The van der Waals surface area contributed by atoms with Gasteiger partial charge in [-0.05, 0) is 61.9 Å². The number of carbonyl (C=O) groups excluding carboxylic acids is 1. The number of benzene rings is 3. The maximum atomic E-state index is 13.6. The smallest absolute Gasteiger partial charge is 0.269 e. The zero-order valence-electron chi connectivity index (χ0n) is 20.3. The monoisotopic (exact) mass is 497 g/mol. The summed E-state index contributed by atoms with van der Waals surface area (Å²) in [5.41, 5.74) is 4.43. The summed E-state index contributed by atoms with van der Waals surface area (Å²) in [7, 11) is 0. The zero-order chi connectivity index (χ0) is 25.5. The molecule has 0 aliphatic rings. The number of pyridine rings is 1. The van der Waals surface area contributed by atoms with Gasteiger partial charge in [0.15, 0.2) is 0 Å². The average Bonchev–Trinajstić information content (AvgIpc) is 2.89. The van der Waals surface area contributed by atoms with Crippen LogP contribution in [0.4, 0.5) is 5.69 Å². The number of rotatable bonds is 9. The Morgan fingerprint density at radius 2 is 1.64 bits per heavy atom. The summed E-state index contributed by atoms with van der Waals surface area (Å²) in [5, 5.41) is 11.6. The predicted molar refractivity (Wildman–Crippen MR) is 142 cm³/mol. The van der Waals surface area contributed by atoms with Crippen LogP contribution < -0.4 is 0 Å². The van der Waals surface area contributed by atoms with Gasteiger partial charge in [-0.1, -0.05) is 53.2 Å². The van der Waals surface area contributed by atoms with E-state index in [-0.39, 0.29) is 18.1 Å². The molecule has 0 spiro atoms. The summed E-state index contributed by atoms with van der Waals surface area (Å²) >= 11 is 1.54. The molecule has 0 radical (unpaired) electrons. The second-order valence-corrected chi connectivity index (χ2v) is 9.74. The first-order valence-corrected chi connectivity index (χ1v) is 12.5. The van der Waals surface area contributed by atoms with Crippen LogP contribution in [0, 0.1) is 24.0 Å². The number of nitro benzene ring substituents is 1. The van der Waals surface area contributed by atoms with Crippen molar-refractivity contribution in [3.63, 3.8) is 0 Å². The fourth-order valence-corrected chi connectivity index (χ4v) is 4.68. The second-order valence-electron chi connectivity index (χ2n) is 8.63. The lowest BCUT2D eigenvalue weighted by Gasteiger charge is -2.24. The molecule has 0 saturated heterocycles. The summed E-state index contributed by atoms with van der Waals surface area (Å²) in [4.78, 5) is 32.8. The van der Waals surface area contributed by atoms with E-state index in [1.165, 1.54) is 17.8 Å². The minimum Gasteiger partial charge on any atom is -0.334 e. The Balaban J connectivity index is 1.67. The third-order valence-electron chi connectivity index (χ3n) is 5.81. The standard InChI is InChI=1S/C29H27N3O3S/c1-21-6-10-23(11-7-21)29(33)31(18-16-25-5-3-4-17-30-25)20-24-19-26(32(34)35)12-15-28(24)36-27-13-8-22(2)9-14-27/h3-15,17,19H,16,18,20H2,1-2H3. The number of hydrogen-bond donors (Lipinski definition) is 0. The highest BCUT2D eigenvalue weighted by Crippen LogP contribution is 2.33. The van der Waals surface area contributed by atoms with Gasteiger partial charge in [-0.3, -0.25) is 19.9 Å². The van der Waals surface area contributed by atoms with Crippen LogP contribution in [0.25, 0.3) is 0 Å². The minimum atomic E-state index is -0.399. The van der Waals surface area contributed by atoms with Crippen molar-refractivity contribution in [3.8, 4) is 0 Å². The molecule has 6 nitrogen and oxygen atoms in total. The van der Waals surface area contributed by atoms with Crippen molar-refractivity contribution in [2.24, 2.45) is 0 Å². The predicted octanol–water partition coefficient (Wildman–Crippen LogP) is 6.64. The molecule has 1 aromatic heterocycles. The van der Waals surface area contributed by atoms with Gasteiger partial charge < -0.3 is 4.90 Å². The molecule has 1 heterocycles. The molecule has 7 heteroatoms. The van der Waals surface area contributed by atoms with Crippen LogP contribution in [0.1, 0.15) is 32.7 Å². The third-order valence-corrected chi connectivity index (χ3v) is 6.94. The van der Waals surface area contributed by atoms with Crippen LogP contribution in [0.5, 0.6) is 0 Å². The molecule has 0 aliphatic heterocycles. The van der Waals surface area contributed by atoms with Gasteiger partial charge in [-0.15, -0.1) is 0 Å². The number of aryl methyl sites for hydroxylation is 2. The Hall–Kier alpha value is -3.97. The van der Waals surface area contributed by atoms with Gasteiger partial charge >= 0.3 is 0 Å². The van der Waals surface area contributed by atoms with Crippen LogP contribution in [-0.4, -0.2) is 27.3 Å². The minimum absolute atomic E-state index is 0.00529. The van der Waals surface area contributed by atoms with E-state index in [2.05, 4.69) is 4.98 Å². The lowest BCUT2D eigenvalue weighted by Crippen LogP contribution is -2.33. The number of amides is 1. The lowest BCUT2D eigenvalue weighted by atomic mass is 10.1. The molecule has 182 valence electrons. The van der Waals surface area contributed by atoms with Gasteiger partial charge in [0, 0.05) is 58.9 Å². The van der Waals surface area contributed by atoms with E-state index in [1.54, 1.807) is 23.2 Å². The van der Waals surface area contributed by atoms with Gasteiger partial charge in [0.1, 0.15) is 0 Å². The molecule has 4 aromatic rings. The van der Waals surface area contributed by atoms with Crippen LogP contribution in [0.2, 0.25) is 0 Å². The van der Waals surface area contributed by atoms with Crippen LogP contribution in [0.3, 0.4) is 0 Å². The fraction of sp³-hybridized carbons (Fsp3) is 0.172. The first-order valence-electron chi connectivity index (χ1n) is 11.7. The summed E-state index contributed by atoms with van der Waals surface area (Å²) in [6, 6.07) is 26.2. The number of carbonyl (C=O) groups is 1. The van der Waals surface area contributed by atoms with Gasteiger partial charge in [-0.2, -0.15) is 0 Å². The molecule has 36 heavy (non-hydrogen) atoms. The highest BCUT2D eigenvalue weighted by Gasteiger charge is 2.20. The van der Waals surface area contributed by atoms with Gasteiger partial charge in [0.05, 0.1) is 4.92 Å². The highest BCUT2D eigenvalue weighted by molar-refractivity contribution is 7.99. The average molecular weight is 498 g/mol.